The van der Waals surface area contributed by atoms with Crippen molar-refractivity contribution in [2.75, 3.05) is 6.61 Å². The molecule has 0 atom stereocenters. The minimum Gasteiger partial charge on any atom is -0.493 e. The van der Waals surface area contributed by atoms with Crippen molar-refractivity contribution in [3.63, 3.8) is 0 Å². The molecule has 0 aliphatic heterocycles. The summed E-state index contributed by atoms with van der Waals surface area (Å²) in [6.45, 7) is 0.556. The van der Waals surface area contributed by atoms with E-state index in [1.807, 2.05) is 18.2 Å². The summed E-state index contributed by atoms with van der Waals surface area (Å²) in [4.78, 5) is 14.6. The summed E-state index contributed by atoms with van der Waals surface area (Å²) in [5, 5.41) is 8.74. The number of rotatable bonds is 6. The zero-order valence-corrected chi connectivity index (χ0v) is 10.5. The van der Waals surface area contributed by atoms with Gasteiger partial charge in [0.05, 0.1) is 13.0 Å². The Bertz CT molecular complexity index is 540. The highest BCUT2D eigenvalue weighted by molar-refractivity contribution is 5.70. The fourth-order valence-electron chi connectivity index (χ4n) is 1.76. The van der Waals surface area contributed by atoms with Crippen LogP contribution in [0.25, 0.3) is 0 Å². The molecule has 98 valence electrons. The van der Waals surface area contributed by atoms with Crippen LogP contribution < -0.4 is 4.74 Å². The Morgan fingerprint density at radius 2 is 1.95 bits per heavy atom. The lowest BCUT2D eigenvalue weighted by atomic mass is 10.1. The SMILES string of the molecule is O=C(O)Cc1cccc(OCCc2ccncc2)c1. The van der Waals surface area contributed by atoms with Gasteiger partial charge in [0, 0.05) is 18.8 Å². The molecular weight excluding hydrogens is 242 g/mol. The summed E-state index contributed by atoms with van der Waals surface area (Å²) >= 11 is 0. The van der Waals surface area contributed by atoms with Gasteiger partial charge < -0.3 is 9.84 Å². The second-order valence-corrected chi connectivity index (χ2v) is 4.17. The lowest BCUT2D eigenvalue weighted by Crippen LogP contribution is -2.03. The molecule has 0 saturated carbocycles. The number of nitrogens with zero attached hydrogens (tertiary/aromatic N) is 1. The molecule has 0 unspecified atom stereocenters. The minimum absolute atomic E-state index is 0.0154. The van der Waals surface area contributed by atoms with E-state index < -0.39 is 5.97 Å². The summed E-state index contributed by atoms with van der Waals surface area (Å²) in [5.41, 5.74) is 1.91. The average molecular weight is 257 g/mol. The third kappa shape index (κ3) is 4.43. The molecule has 1 aromatic carbocycles. The monoisotopic (exact) mass is 257 g/mol. The van der Waals surface area contributed by atoms with Crippen LogP contribution in [-0.2, 0) is 17.6 Å². The highest BCUT2D eigenvalue weighted by Gasteiger charge is 2.02. The van der Waals surface area contributed by atoms with Gasteiger partial charge in [0.15, 0.2) is 0 Å². The van der Waals surface area contributed by atoms with Crippen LogP contribution in [0.15, 0.2) is 48.8 Å². The average Bonchev–Trinajstić information content (AvgIpc) is 2.40. The van der Waals surface area contributed by atoms with Crippen molar-refractivity contribution in [1.29, 1.82) is 0 Å². The first-order valence-corrected chi connectivity index (χ1v) is 6.06. The van der Waals surface area contributed by atoms with Crippen LogP contribution in [0.4, 0.5) is 0 Å². The van der Waals surface area contributed by atoms with Gasteiger partial charge in [0.25, 0.3) is 0 Å². The predicted molar refractivity (Wildman–Crippen MR) is 71.2 cm³/mol. The molecule has 1 heterocycles. The molecule has 19 heavy (non-hydrogen) atoms. The lowest BCUT2D eigenvalue weighted by Gasteiger charge is -2.07. The number of hydrogen-bond donors (Lipinski definition) is 1. The molecule has 0 aliphatic carbocycles. The summed E-state index contributed by atoms with van der Waals surface area (Å²) < 4.78 is 5.62. The first-order chi connectivity index (χ1) is 9.24. The Morgan fingerprint density at radius 1 is 1.16 bits per heavy atom. The molecular formula is C15H15NO3. The van der Waals surface area contributed by atoms with E-state index in [2.05, 4.69) is 4.98 Å². The summed E-state index contributed by atoms with van der Waals surface area (Å²) in [6.07, 6.45) is 4.32. The number of carbonyl (C=O) groups is 1. The van der Waals surface area contributed by atoms with Gasteiger partial charge in [0.2, 0.25) is 0 Å². The van der Waals surface area contributed by atoms with Crippen molar-refractivity contribution in [2.24, 2.45) is 0 Å². The normalized spacial score (nSPS) is 10.1. The van der Waals surface area contributed by atoms with Crippen molar-refractivity contribution in [3.05, 3.63) is 59.9 Å². The van der Waals surface area contributed by atoms with Crippen molar-refractivity contribution in [3.8, 4) is 5.75 Å². The molecule has 0 amide bonds. The van der Waals surface area contributed by atoms with Crippen molar-refractivity contribution >= 4 is 5.97 Å². The summed E-state index contributed by atoms with van der Waals surface area (Å²) in [7, 11) is 0. The van der Waals surface area contributed by atoms with E-state index in [1.54, 1.807) is 30.6 Å². The van der Waals surface area contributed by atoms with E-state index in [4.69, 9.17) is 9.84 Å². The number of carboxylic acids is 1. The Morgan fingerprint density at radius 3 is 2.68 bits per heavy atom. The van der Waals surface area contributed by atoms with Crippen LogP contribution in [0.2, 0.25) is 0 Å². The molecule has 0 radical (unpaired) electrons. The summed E-state index contributed by atoms with van der Waals surface area (Å²) in [6, 6.07) is 11.1. The number of pyridine rings is 1. The fourth-order valence-corrected chi connectivity index (χ4v) is 1.76. The maximum Gasteiger partial charge on any atom is 0.307 e. The van der Waals surface area contributed by atoms with Gasteiger partial charge in [-0.25, -0.2) is 0 Å². The molecule has 0 spiro atoms. The van der Waals surface area contributed by atoms with E-state index in [0.717, 1.165) is 17.5 Å². The van der Waals surface area contributed by atoms with E-state index in [1.165, 1.54) is 0 Å². The largest absolute Gasteiger partial charge is 0.493 e. The van der Waals surface area contributed by atoms with Crippen molar-refractivity contribution in [2.45, 2.75) is 12.8 Å². The Kier molecular flexibility index (Phi) is 4.50. The predicted octanol–water partition coefficient (Wildman–Crippen LogP) is 2.33. The topological polar surface area (TPSA) is 59.4 Å². The third-order valence-corrected chi connectivity index (χ3v) is 2.66. The van der Waals surface area contributed by atoms with Crippen LogP contribution in [0, 0.1) is 0 Å². The van der Waals surface area contributed by atoms with Gasteiger partial charge in [-0.15, -0.1) is 0 Å². The number of aromatic nitrogens is 1. The lowest BCUT2D eigenvalue weighted by molar-refractivity contribution is -0.136. The highest BCUT2D eigenvalue weighted by atomic mass is 16.5. The standard InChI is InChI=1S/C15H15NO3/c17-15(18)11-13-2-1-3-14(10-13)19-9-6-12-4-7-16-8-5-12/h1-5,7-8,10H,6,9,11H2,(H,17,18). The highest BCUT2D eigenvalue weighted by Crippen LogP contribution is 2.14. The van der Waals surface area contributed by atoms with Crippen molar-refractivity contribution in [1.82, 2.24) is 4.98 Å². The number of benzene rings is 1. The number of aliphatic carboxylic acids is 1. The molecule has 4 heteroatoms. The molecule has 4 nitrogen and oxygen atoms in total. The molecule has 0 aliphatic rings. The van der Waals surface area contributed by atoms with Crippen molar-refractivity contribution < 1.29 is 14.6 Å². The van der Waals surface area contributed by atoms with Gasteiger partial charge in [-0.2, -0.15) is 0 Å². The number of carboxylic acid groups (broad SMARTS) is 1. The van der Waals surface area contributed by atoms with Crippen LogP contribution in [0.3, 0.4) is 0 Å². The van der Waals surface area contributed by atoms with E-state index in [0.29, 0.717) is 12.4 Å². The minimum atomic E-state index is -0.839. The molecule has 0 bridgehead atoms. The van der Waals surface area contributed by atoms with E-state index >= 15 is 0 Å². The van der Waals surface area contributed by atoms with Crippen LogP contribution >= 0.6 is 0 Å². The Balaban J connectivity index is 1.87. The smallest absolute Gasteiger partial charge is 0.307 e. The zero-order chi connectivity index (χ0) is 13.5. The maximum atomic E-state index is 10.6. The molecule has 2 aromatic rings. The van der Waals surface area contributed by atoms with E-state index in [-0.39, 0.29) is 6.42 Å². The van der Waals surface area contributed by atoms with Gasteiger partial charge in [-0.05, 0) is 35.4 Å². The van der Waals surface area contributed by atoms with Gasteiger partial charge in [-0.1, -0.05) is 12.1 Å². The molecule has 1 N–H and O–H groups in total. The third-order valence-electron chi connectivity index (χ3n) is 2.66. The van der Waals surface area contributed by atoms with E-state index in [9.17, 15) is 4.79 Å². The summed E-state index contributed by atoms with van der Waals surface area (Å²) in [5.74, 6) is -0.137. The van der Waals surface area contributed by atoms with Crippen LogP contribution in [-0.4, -0.2) is 22.7 Å². The maximum absolute atomic E-state index is 10.6. The first-order valence-electron chi connectivity index (χ1n) is 6.06. The fraction of sp³-hybridized carbons (Fsp3) is 0.200. The molecule has 2 rings (SSSR count). The number of hydrogen-bond acceptors (Lipinski definition) is 3. The molecule has 0 saturated heterocycles. The first kappa shape index (κ1) is 13.1. The van der Waals surface area contributed by atoms with Gasteiger partial charge in [0.1, 0.15) is 5.75 Å². The second-order valence-electron chi connectivity index (χ2n) is 4.17. The Labute approximate surface area is 111 Å². The Hall–Kier alpha value is -2.36. The van der Waals surface area contributed by atoms with Crippen LogP contribution in [0.5, 0.6) is 5.75 Å². The number of ether oxygens (including phenoxy) is 1. The van der Waals surface area contributed by atoms with Gasteiger partial charge >= 0.3 is 5.97 Å². The zero-order valence-electron chi connectivity index (χ0n) is 10.5. The molecule has 0 fully saturated rings. The van der Waals surface area contributed by atoms with Gasteiger partial charge in [-0.3, -0.25) is 9.78 Å². The van der Waals surface area contributed by atoms with Crippen LogP contribution in [0.1, 0.15) is 11.1 Å². The second kappa shape index (κ2) is 6.54. The quantitative estimate of drug-likeness (QED) is 0.862. The molecule has 1 aromatic heterocycles.